The molecule has 1 N–H and O–H groups in total. The van der Waals surface area contributed by atoms with E-state index in [9.17, 15) is 14.7 Å². The second-order valence-electron chi connectivity index (χ2n) is 9.61. The maximum Gasteiger partial charge on any atom is 0.344 e. The summed E-state index contributed by atoms with van der Waals surface area (Å²) in [7, 11) is 0. The van der Waals surface area contributed by atoms with Gasteiger partial charge in [0, 0.05) is 42.0 Å². The highest BCUT2D eigenvalue weighted by Crippen LogP contribution is 2.35. The fourth-order valence-corrected chi connectivity index (χ4v) is 5.37. The molecule has 5 rings (SSSR count). The van der Waals surface area contributed by atoms with Crippen LogP contribution in [0.5, 0.6) is 11.5 Å². The minimum atomic E-state index is -0.595. The van der Waals surface area contributed by atoms with Gasteiger partial charge in [0.15, 0.2) is 11.3 Å². The van der Waals surface area contributed by atoms with Gasteiger partial charge >= 0.3 is 11.3 Å². The Morgan fingerprint density at radius 2 is 1.77 bits per heavy atom. The molecule has 7 nitrogen and oxygen atoms in total. The number of ether oxygens (including phenoxy) is 1. The first-order chi connectivity index (χ1) is 16.8. The van der Waals surface area contributed by atoms with Crippen molar-refractivity contribution in [3.8, 4) is 22.6 Å². The topological polar surface area (TPSA) is 93.1 Å². The van der Waals surface area contributed by atoms with Crippen molar-refractivity contribution < 1.29 is 18.7 Å². The number of likely N-dealkylation sites (tertiary alicyclic amines) is 1. The van der Waals surface area contributed by atoms with E-state index in [0.717, 1.165) is 13.1 Å². The van der Waals surface area contributed by atoms with Gasteiger partial charge in [0.25, 0.3) is 0 Å². The molecule has 7 heteroatoms. The Morgan fingerprint density at radius 1 is 1.00 bits per heavy atom. The Kier molecular flexibility index (Phi) is 6.11. The van der Waals surface area contributed by atoms with Crippen molar-refractivity contribution in [3.05, 3.63) is 68.9 Å². The molecule has 4 aromatic rings. The van der Waals surface area contributed by atoms with E-state index in [4.69, 9.17) is 13.6 Å². The van der Waals surface area contributed by atoms with Crippen LogP contribution in [0.1, 0.15) is 32.8 Å². The zero-order valence-corrected chi connectivity index (χ0v) is 20.2. The molecule has 35 heavy (non-hydrogen) atoms. The Labute approximate surface area is 202 Å². The molecule has 1 aliphatic rings. The number of hydrogen-bond acceptors (Lipinski definition) is 7. The number of fused-ring (bicyclic) bond motifs is 2. The number of benzene rings is 2. The smallest absolute Gasteiger partial charge is 0.344 e. The van der Waals surface area contributed by atoms with E-state index in [-0.39, 0.29) is 11.3 Å². The maximum atomic E-state index is 13.1. The minimum Gasteiger partial charge on any atom is -0.507 e. The third-order valence-electron chi connectivity index (χ3n) is 6.63. The average Bonchev–Trinajstić information content (AvgIpc) is 2.80. The van der Waals surface area contributed by atoms with Gasteiger partial charge in [-0.05, 0) is 49.4 Å². The first-order valence-corrected chi connectivity index (χ1v) is 12.0. The summed E-state index contributed by atoms with van der Waals surface area (Å²) in [5.74, 6) is 1.64. The van der Waals surface area contributed by atoms with Crippen molar-refractivity contribution in [1.82, 2.24) is 4.90 Å². The number of para-hydroxylation sites is 1. The molecule has 2 atom stereocenters. The summed E-state index contributed by atoms with van der Waals surface area (Å²) in [6, 6.07) is 11.7. The second kappa shape index (κ2) is 9.23. The first kappa shape index (κ1) is 23.2. The maximum absolute atomic E-state index is 13.1. The molecule has 2 unspecified atom stereocenters. The normalized spacial score (nSPS) is 18.8. The number of hydrogen-bond donors (Lipinski definition) is 1. The van der Waals surface area contributed by atoms with Gasteiger partial charge in [-0.15, -0.1) is 0 Å². The molecular weight excluding hydrogens is 446 g/mol. The molecule has 2 aromatic carbocycles. The van der Waals surface area contributed by atoms with Crippen molar-refractivity contribution in [2.45, 2.75) is 33.7 Å². The van der Waals surface area contributed by atoms with Crippen LogP contribution in [-0.2, 0) is 6.54 Å². The standard InChI is InChI=1S/C28H29NO6/c1-4-33-24-7-5-6-18-11-21(28(32)35-26(18)24)20-12-25(31)34-27-19(20)8-9-23(30)22(27)15-29-13-16(2)10-17(3)14-29/h5-9,11-12,16-17,30H,4,10,13-15H2,1-3H3. The van der Waals surface area contributed by atoms with Crippen LogP contribution in [0.25, 0.3) is 33.1 Å². The molecule has 0 aliphatic carbocycles. The van der Waals surface area contributed by atoms with Crippen molar-refractivity contribution in [2.24, 2.45) is 11.8 Å². The third kappa shape index (κ3) is 4.44. The summed E-state index contributed by atoms with van der Waals surface area (Å²) in [6.07, 6.45) is 1.17. The largest absolute Gasteiger partial charge is 0.507 e. The summed E-state index contributed by atoms with van der Waals surface area (Å²) in [5.41, 5.74) is 0.693. The van der Waals surface area contributed by atoms with E-state index in [1.54, 1.807) is 24.3 Å². The molecule has 1 aliphatic heterocycles. The van der Waals surface area contributed by atoms with Crippen LogP contribution in [-0.4, -0.2) is 29.7 Å². The highest BCUT2D eigenvalue weighted by atomic mass is 16.5. The molecule has 0 radical (unpaired) electrons. The lowest BCUT2D eigenvalue weighted by Crippen LogP contribution is -2.38. The summed E-state index contributed by atoms with van der Waals surface area (Å²) >= 11 is 0. The minimum absolute atomic E-state index is 0.0654. The summed E-state index contributed by atoms with van der Waals surface area (Å²) < 4.78 is 16.9. The van der Waals surface area contributed by atoms with Crippen LogP contribution in [0.3, 0.4) is 0 Å². The molecule has 0 spiro atoms. The molecule has 0 bridgehead atoms. The van der Waals surface area contributed by atoms with Crippen LogP contribution >= 0.6 is 0 Å². The molecule has 0 saturated carbocycles. The molecule has 3 heterocycles. The van der Waals surface area contributed by atoms with Gasteiger partial charge in [0.1, 0.15) is 11.3 Å². The first-order valence-electron chi connectivity index (χ1n) is 12.0. The highest BCUT2D eigenvalue weighted by Gasteiger charge is 2.25. The number of rotatable bonds is 5. The van der Waals surface area contributed by atoms with Crippen LogP contribution in [0.4, 0.5) is 0 Å². The zero-order chi connectivity index (χ0) is 24.7. The van der Waals surface area contributed by atoms with Gasteiger partial charge in [-0.2, -0.15) is 0 Å². The Hall–Kier alpha value is -3.58. The monoisotopic (exact) mass is 475 g/mol. The molecule has 182 valence electrons. The van der Waals surface area contributed by atoms with Crippen molar-refractivity contribution in [1.29, 1.82) is 0 Å². The van der Waals surface area contributed by atoms with Crippen molar-refractivity contribution in [2.75, 3.05) is 19.7 Å². The van der Waals surface area contributed by atoms with Gasteiger partial charge in [-0.3, -0.25) is 4.90 Å². The van der Waals surface area contributed by atoms with Crippen molar-refractivity contribution >= 4 is 21.9 Å². The fourth-order valence-electron chi connectivity index (χ4n) is 5.37. The van der Waals surface area contributed by atoms with Crippen LogP contribution in [0, 0.1) is 11.8 Å². The van der Waals surface area contributed by atoms with Crippen LogP contribution in [0.2, 0.25) is 0 Å². The Balaban J connectivity index is 1.67. The second-order valence-corrected chi connectivity index (χ2v) is 9.61. The SMILES string of the molecule is CCOc1cccc2cc(-c3cc(=O)oc4c(CN5CC(C)CC(C)C5)c(O)ccc34)c(=O)oc12. The van der Waals surface area contributed by atoms with Crippen LogP contribution in [0.15, 0.2) is 60.9 Å². The molecule has 0 amide bonds. The van der Waals surface area contributed by atoms with E-state index in [1.807, 2.05) is 19.1 Å². The van der Waals surface area contributed by atoms with Gasteiger partial charge < -0.3 is 18.7 Å². The van der Waals surface area contributed by atoms with Crippen LogP contribution < -0.4 is 16.0 Å². The van der Waals surface area contributed by atoms with Gasteiger partial charge in [0.2, 0.25) is 0 Å². The number of aromatic hydroxyl groups is 1. The Bertz CT molecular complexity index is 1510. The molecule has 2 aromatic heterocycles. The predicted molar refractivity (Wildman–Crippen MR) is 135 cm³/mol. The summed E-state index contributed by atoms with van der Waals surface area (Å²) in [6.45, 7) is 9.00. The highest BCUT2D eigenvalue weighted by molar-refractivity contribution is 5.97. The third-order valence-corrected chi connectivity index (χ3v) is 6.63. The lowest BCUT2D eigenvalue weighted by atomic mass is 9.91. The van der Waals surface area contributed by atoms with Crippen molar-refractivity contribution in [3.63, 3.8) is 0 Å². The quantitative estimate of drug-likeness (QED) is 0.399. The molecule has 1 fully saturated rings. The molecule has 1 saturated heterocycles. The number of piperidine rings is 1. The van der Waals surface area contributed by atoms with Gasteiger partial charge in [-0.25, -0.2) is 9.59 Å². The molecular formula is C28H29NO6. The van der Waals surface area contributed by atoms with E-state index in [1.165, 1.54) is 12.5 Å². The fraction of sp³-hybridized carbons (Fsp3) is 0.357. The number of phenols is 1. The predicted octanol–water partition coefficient (Wildman–Crippen LogP) is 5.15. The lowest BCUT2D eigenvalue weighted by molar-refractivity contribution is 0.133. The van der Waals surface area contributed by atoms with E-state index in [2.05, 4.69) is 18.7 Å². The van der Waals surface area contributed by atoms with E-state index in [0.29, 0.717) is 63.8 Å². The van der Waals surface area contributed by atoms with E-state index < -0.39 is 11.3 Å². The van der Waals surface area contributed by atoms with E-state index >= 15 is 0 Å². The average molecular weight is 476 g/mol. The number of phenolic OH excluding ortho intramolecular Hbond substituents is 1. The lowest BCUT2D eigenvalue weighted by Gasteiger charge is -2.35. The van der Waals surface area contributed by atoms with Gasteiger partial charge in [0.05, 0.1) is 17.7 Å². The zero-order valence-electron chi connectivity index (χ0n) is 20.2. The summed E-state index contributed by atoms with van der Waals surface area (Å²) in [5, 5.41) is 12.0. The summed E-state index contributed by atoms with van der Waals surface area (Å²) in [4.78, 5) is 28.0. The Morgan fingerprint density at radius 3 is 2.51 bits per heavy atom. The van der Waals surface area contributed by atoms with Gasteiger partial charge in [-0.1, -0.05) is 26.0 Å². The number of nitrogens with zero attached hydrogens (tertiary/aromatic N) is 1.